The molecule has 9 nitrogen and oxygen atoms in total. The molecule has 1 saturated heterocycles. The SMILES string of the molecule is O=C(Nc1nc(Sc2nnc(-c3ccccc3)o2)cs1)C1CCCN1C(=O)O. The number of thiazole rings is 1. The van der Waals surface area contributed by atoms with Crippen LogP contribution in [0.25, 0.3) is 11.5 Å². The highest BCUT2D eigenvalue weighted by Crippen LogP contribution is 2.31. The number of aromatic nitrogens is 3. The first-order chi connectivity index (χ1) is 13.6. The molecule has 1 unspecified atom stereocenters. The monoisotopic (exact) mass is 417 g/mol. The number of rotatable bonds is 5. The van der Waals surface area contributed by atoms with E-state index in [1.54, 1.807) is 5.38 Å². The van der Waals surface area contributed by atoms with Crippen LogP contribution in [-0.4, -0.2) is 49.8 Å². The molecule has 28 heavy (non-hydrogen) atoms. The molecule has 1 aliphatic heterocycles. The molecule has 0 aliphatic carbocycles. The van der Waals surface area contributed by atoms with Crippen molar-refractivity contribution in [1.82, 2.24) is 20.1 Å². The highest BCUT2D eigenvalue weighted by molar-refractivity contribution is 7.99. The van der Waals surface area contributed by atoms with Crippen LogP contribution in [0.4, 0.5) is 9.93 Å². The maximum atomic E-state index is 12.4. The molecule has 2 aromatic heterocycles. The normalized spacial score (nSPS) is 16.3. The number of nitrogens with one attached hydrogen (secondary N) is 1. The van der Waals surface area contributed by atoms with E-state index < -0.39 is 12.1 Å². The second-order valence-corrected chi connectivity index (χ2v) is 7.79. The highest BCUT2D eigenvalue weighted by atomic mass is 32.2. The summed E-state index contributed by atoms with van der Waals surface area (Å²) in [6.07, 6.45) is 0.0956. The lowest BCUT2D eigenvalue weighted by atomic mass is 10.2. The lowest BCUT2D eigenvalue weighted by Crippen LogP contribution is -2.42. The van der Waals surface area contributed by atoms with E-state index in [2.05, 4.69) is 20.5 Å². The Hall–Kier alpha value is -2.92. The molecule has 0 bridgehead atoms. The van der Waals surface area contributed by atoms with Crippen LogP contribution < -0.4 is 5.32 Å². The number of benzene rings is 1. The third-order valence-electron chi connectivity index (χ3n) is 4.13. The minimum atomic E-state index is -1.08. The third-order valence-corrected chi connectivity index (χ3v) is 5.80. The molecular weight excluding hydrogens is 402 g/mol. The molecule has 1 aliphatic rings. The molecule has 3 heterocycles. The third kappa shape index (κ3) is 3.99. The fourth-order valence-electron chi connectivity index (χ4n) is 2.86. The Morgan fingerprint density at radius 2 is 2.11 bits per heavy atom. The first-order valence-electron chi connectivity index (χ1n) is 8.43. The average molecular weight is 417 g/mol. The fourth-order valence-corrected chi connectivity index (χ4v) is 4.35. The Labute approximate surface area is 167 Å². The lowest BCUT2D eigenvalue weighted by Gasteiger charge is -2.19. The fraction of sp³-hybridized carbons (Fsp3) is 0.235. The summed E-state index contributed by atoms with van der Waals surface area (Å²) in [4.78, 5) is 29.0. The van der Waals surface area contributed by atoms with Gasteiger partial charge in [0.25, 0.3) is 5.22 Å². The molecule has 3 aromatic rings. The number of carboxylic acid groups (broad SMARTS) is 1. The standard InChI is InChI=1S/C17H15N5O4S2/c23-13(11-7-4-8-22(11)17(24)25)19-15-18-12(9-27-15)28-16-21-20-14(26-16)10-5-2-1-3-6-10/h1-3,5-6,9,11H,4,7-8H2,(H,24,25)(H,18,19,23). The van der Waals surface area contributed by atoms with Gasteiger partial charge in [-0.2, -0.15) is 0 Å². The molecule has 1 fully saturated rings. The molecule has 144 valence electrons. The molecule has 2 amide bonds. The van der Waals surface area contributed by atoms with Gasteiger partial charge in [0.1, 0.15) is 11.1 Å². The zero-order valence-corrected chi connectivity index (χ0v) is 16.1. The van der Waals surface area contributed by atoms with Gasteiger partial charge in [-0.3, -0.25) is 9.69 Å². The Morgan fingerprint density at radius 3 is 2.89 bits per heavy atom. The van der Waals surface area contributed by atoms with Gasteiger partial charge in [0.05, 0.1) is 0 Å². The van der Waals surface area contributed by atoms with Crippen molar-refractivity contribution in [3.8, 4) is 11.5 Å². The summed E-state index contributed by atoms with van der Waals surface area (Å²) < 4.78 is 5.63. The van der Waals surface area contributed by atoms with E-state index in [0.717, 1.165) is 10.5 Å². The molecule has 0 saturated carbocycles. The number of anilines is 1. The van der Waals surface area contributed by atoms with E-state index in [-0.39, 0.29) is 5.91 Å². The van der Waals surface area contributed by atoms with Crippen molar-refractivity contribution in [1.29, 1.82) is 0 Å². The van der Waals surface area contributed by atoms with Gasteiger partial charge in [-0.15, -0.1) is 21.5 Å². The second-order valence-electron chi connectivity index (χ2n) is 5.96. The molecule has 11 heteroatoms. The summed E-state index contributed by atoms with van der Waals surface area (Å²) in [7, 11) is 0. The molecule has 1 aromatic carbocycles. The first kappa shape index (κ1) is 18.4. The number of nitrogens with zero attached hydrogens (tertiary/aromatic N) is 4. The summed E-state index contributed by atoms with van der Waals surface area (Å²) in [5, 5.41) is 23.0. The smallest absolute Gasteiger partial charge is 0.407 e. The van der Waals surface area contributed by atoms with Gasteiger partial charge in [-0.25, -0.2) is 9.78 Å². The van der Waals surface area contributed by atoms with Crippen LogP contribution in [0.15, 0.2) is 50.4 Å². The van der Waals surface area contributed by atoms with E-state index in [1.807, 2.05) is 30.3 Å². The molecule has 1 atom stereocenters. The molecule has 2 N–H and O–H groups in total. The van der Waals surface area contributed by atoms with Gasteiger partial charge in [0, 0.05) is 17.5 Å². The second kappa shape index (κ2) is 7.98. The predicted octanol–water partition coefficient (Wildman–Crippen LogP) is 3.43. The van der Waals surface area contributed by atoms with Gasteiger partial charge < -0.3 is 14.8 Å². The summed E-state index contributed by atoms with van der Waals surface area (Å²) in [5.41, 5.74) is 0.827. The number of hydrogen-bond acceptors (Lipinski definition) is 8. The number of carbonyl (C=O) groups is 2. The zero-order chi connectivity index (χ0) is 19.5. The van der Waals surface area contributed by atoms with Gasteiger partial charge in [0.2, 0.25) is 11.8 Å². The maximum Gasteiger partial charge on any atom is 0.407 e. The van der Waals surface area contributed by atoms with E-state index in [1.165, 1.54) is 23.1 Å². The topological polar surface area (TPSA) is 121 Å². The van der Waals surface area contributed by atoms with E-state index in [0.29, 0.717) is 40.7 Å². The van der Waals surface area contributed by atoms with Gasteiger partial charge >= 0.3 is 6.09 Å². The van der Waals surface area contributed by atoms with Crippen LogP contribution in [0, 0.1) is 0 Å². The van der Waals surface area contributed by atoms with Crippen LogP contribution in [0.1, 0.15) is 12.8 Å². The summed E-state index contributed by atoms with van der Waals surface area (Å²) >= 11 is 2.44. The molecular formula is C17H15N5O4S2. The first-order valence-corrected chi connectivity index (χ1v) is 10.1. The summed E-state index contributed by atoms with van der Waals surface area (Å²) in [6.45, 7) is 0.368. The number of hydrogen-bond donors (Lipinski definition) is 2. The minimum absolute atomic E-state index is 0.342. The molecule has 0 radical (unpaired) electrons. The minimum Gasteiger partial charge on any atom is -0.465 e. The van der Waals surface area contributed by atoms with Crippen molar-refractivity contribution in [2.75, 3.05) is 11.9 Å². The number of carbonyl (C=O) groups excluding carboxylic acids is 1. The van der Waals surface area contributed by atoms with Crippen molar-refractivity contribution in [3.63, 3.8) is 0 Å². The molecule has 4 rings (SSSR count). The van der Waals surface area contributed by atoms with Crippen molar-refractivity contribution in [2.24, 2.45) is 0 Å². The quantitative estimate of drug-likeness (QED) is 0.648. The lowest BCUT2D eigenvalue weighted by molar-refractivity contribution is -0.119. The Bertz CT molecular complexity index is 990. The summed E-state index contributed by atoms with van der Waals surface area (Å²) in [5.74, 6) is 0.0526. The number of likely N-dealkylation sites (tertiary alicyclic amines) is 1. The van der Waals surface area contributed by atoms with E-state index in [9.17, 15) is 9.59 Å². The molecule has 0 spiro atoms. The van der Waals surface area contributed by atoms with Crippen molar-refractivity contribution < 1.29 is 19.1 Å². The Balaban J connectivity index is 1.39. The Kier molecular flexibility index (Phi) is 5.26. The van der Waals surface area contributed by atoms with Gasteiger partial charge in [-0.1, -0.05) is 18.2 Å². The average Bonchev–Trinajstić information content (AvgIpc) is 3.43. The number of amides is 2. The van der Waals surface area contributed by atoms with E-state index >= 15 is 0 Å². The van der Waals surface area contributed by atoms with Crippen LogP contribution in [0.3, 0.4) is 0 Å². The summed E-state index contributed by atoms with van der Waals surface area (Å²) in [6, 6.07) is 8.75. The van der Waals surface area contributed by atoms with Crippen LogP contribution in [-0.2, 0) is 4.79 Å². The Morgan fingerprint density at radius 1 is 1.29 bits per heavy atom. The van der Waals surface area contributed by atoms with Crippen LogP contribution >= 0.6 is 23.1 Å². The zero-order valence-electron chi connectivity index (χ0n) is 14.4. The predicted molar refractivity (Wildman–Crippen MR) is 102 cm³/mol. The largest absolute Gasteiger partial charge is 0.465 e. The highest BCUT2D eigenvalue weighted by Gasteiger charge is 2.34. The van der Waals surface area contributed by atoms with Gasteiger partial charge in [-0.05, 0) is 36.7 Å². The van der Waals surface area contributed by atoms with Crippen molar-refractivity contribution in [2.45, 2.75) is 29.1 Å². The van der Waals surface area contributed by atoms with Crippen molar-refractivity contribution in [3.05, 3.63) is 35.7 Å². The van der Waals surface area contributed by atoms with Crippen LogP contribution in [0.2, 0.25) is 0 Å². The van der Waals surface area contributed by atoms with Gasteiger partial charge in [0.15, 0.2) is 5.13 Å². The van der Waals surface area contributed by atoms with Crippen LogP contribution in [0.5, 0.6) is 0 Å². The van der Waals surface area contributed by atoms with E-state index in [4.69, 9.17) is 9.52 Å². The van der Waals surface area contributed by atoms with Crippen molar-refractivity contribution >= 4 is 40.2 Å². The maximum absolute atomic E-state index is 12.4.